The van der Waals surface area contributed by atoms with Gasteiger partial charge in [-0.2, -0.15) is 4.31 Å². The van der Waals surface area contributed by atoms with Gasteiger partial charge in [-0.15, -0.1) is 0 Å². The number of anilines is 1. The lowest BCUT2D eigenvalue weighted by molar-refractivity contribution is 0.0964. The van der Waals surface area contributed by atoms with Crippen LogP contribution in [0, 0.1) is 13.8 Å². The molecule has 1 saturated heterocycles. The lowest BCUT2D eigenvalue weighted by Gasteiger charge is -2.34. The number of nitrogens with one attached hydrogen (secondary N) is 1. The minimum atomic E-state index is -3.77. The summed E-state index contributed by atoms with van der Waals surface area (Å²) in [5.41, 5.74) is 4.45. The van der Waals surface area contributed by atoms with Crippen LogP contribution in [0.4, 0.5) is 5.69 Å². The van der Waals surface area contributed by atoms with E-state index >= 15 is 0 Å². The van der Waals surface area contributed by atoms with E-state index in [4.69, 9.17) is 4.42 Å². The number of sulfonamides is 2. The highest BCUT2D eigenvalue weighted by Crippen LogP contribution is 2.42. The molecule has 9 nitrogen and oxygen atoms in total. The molecule has 1 N–H and O–H groups in total. The van der Waals surface area contributed by atoms with Gasteiger partial charge in [0.05, 0.1) is 22.4 Å². The minimum Gasteiger partial charge on any atom is -0.455 e. The van der Waals surface area contributed by atoms with Gasteiger partial charge < -0.3 is 9.73 Å². The Bertz CT molecular complexity index is 1860. The monoisotopic (exact) mass is 609 g/mol. The van der Waals surface area contributed by atoms with Gasteiger partial charge in [0.15, 0.2) is 0 Å². The fourth-order valence-electron chi connectivity index (χ4n) is 5.46. The first kappa shape index (κ1) is 29.8. The summed E-state index contributed by atoms with van der Waals surface area (Å²) in [4.78, 5) is 13.4. The molecule has 4 aromatic rings. The van der Waals surface area contributed by atoms with Gasteiger partial charge in [-0.05, 0) is 56.4 Å². The second kappa shape index (κ2) is 11.2. The van der Waals surface area contributed by atoms with Crippen LogP contribution in [0.2, 0.25) is 0 Å². The number of amides is 1. The van der Waals surface area contributed by atoms with Crippen LogP contribution in [0.1, 0.15) is 45.8 Å². The Labute approximate surface area is 247 Å². The van der Waals surface area contributed by atoms with Crippen molar-refractivity contribution in [2.24, 2.45) is 0 Å². The molecule has 0 radical (unpaired) electrons. The molecule has 11 heteroatoms. The van der Waals surface area contributed by atoms with Crippen molar-refractivity contribution >= 4 is 42.6 Å². The smallest absolute Gasteiger partial charge is 0.255 e. The molecule has 1 aromatic heterocycles. The molecule has 5 rings (SSSR count). The van der Waals surface area contributed by atoms with Crippen LogP contribution in [0.25, 0.3) is 22.3 Å². The molecule has 1 aliphatic rings. The first-order valence-electron chi connectivity index (χ1n) is 13.7. The number of piperidine rings is 1. The maximum absolute atomic E-state index is 13.6. The van der Waals surface area contributed by atoms with E-state index in [1.54, 1.807) is 43.4 Å². The van der Waals surface area contributed by atoms with Gasteiger partial charge in [0.1, 0.15) is 11.3 Å². The highest BCUT2D eigenvalue weighted by molar-refractivity contribution is 7.92. The highest BCUT2D eigenvalue weighted by Gasteiger charge is 2.34. The van der Waals surface area contributed by atoms with Crippen LogP contribution >= 0.6 is 0 Å². The van der Waals surface area contributed by atoms with Crippen LogP contribution in [0.5, 0.6) is 0 Å². The third kappa shape index (κ3) is 5.56. The molecule has 3 aromatic carbocycles. The van der Waals surface area contributed by atoms with E-state index in [2.05, 4.69) is 5.32 Å². The Hall–Kier alpha value is -3.67. The molecule has 0 aliphatic carbocycles. The molecule has 1 fully saturated rings. The number of carbonyl (C=O) groups excluding carboxylic acids is 1. The third-order valence-corrected chi connectivity index (χ3v) is 11.0. The molecule has 2 heterocycles. The van der Waals surface area contributed by atoms with Gasteiger partial charge in [-0.3, -0.25) is 9.10 Å². The Morgan fingerprint density at radius 2 is 1.60 bits per heavy atom. The molecule has 1 amide bonds. The summed E-state index contributed by atoms with van der Waals surface area (Å²) in [6.07, 6.45) is 2.36. The quantitative estimate of drug-likeness (QED) is 0.314. The number of carbonyl (C=O) groups is 1. The largest absolute Gasteiger partial charge is 0.455 e. The normalized spacial score (nSPS) is 16.5. The summed E-state index contributed by atoms with van der Waals surface area (Å²) >= 11 is 0. The maximum atomic E-state index is 13.6. The minimum absolute atomic E-state index is 0.171. The Morgan fingerprint density at radius 1 is 0.976 bits per heavy atom. The summed E-state index contributed by atoms with van der Waals surface area (Å²) in [7, 11) is -4.43. The van der Waals surface area contributed by atoms with Gasteiger partial charge in [0.2, 0.25) is 20.0 Å². The number of hydrogen-bond donors (Lipinski definition) is 1. The summed E-state index contributed by atoms with van der Waals surface area (Å²) in [6, 6.07) is 17.8. The number of benzene rings is 3. The van der Waals surface area contributed by atoms with E-state index < -0.39 is 20.0 Å². The van der Waals surface area contributed by atoms with E-state index in [1.807, 2.05) is 38.1 Å². The van der Waals surface area contributed by atoms with Crippen LogP contribution in [-0.4, -0.2) is 60.5 Å². The van der Waals surface area contributed by atoms with Crippen molar-refractivity contribution in [2.75, 3.05) is 37.7 Å². The molecule has 1 aliphatic heterocycles. The fourth-order valence-corrected chi connectivity index (χ4v) is 7.50. The number of furan rings is 1. The van der Waals surface area contributed by atoms with E-state index in [0.717, 1.165) is 17.4 Å². The summed E-state index contributed by atoms with van der Waals surface area (Å²) in [5, 5.41) is 3.23. The Balaban J connectivity index is 1.68. The predicted octanol–water partition coefficient (Wildman–Crippen LogP) is 5.04. The highest BCUT2D eigenvalue weighted by atomic mass is 32.2. The van der Waals surface area contributed by atoms with E-state index in [-0.39, 0.29) is 23.3 Å². The van der Waals surface area contributed by atoms with Gasteiger partial charge in [-0.1, -0.05) is 47.5 Å². The molecule has 0 saturated carbocycles. The van der Waals surface area contributed by atoms with Crippen LogP contribution < -0.4 is 9.62 Å². The molecule has 1 atom stereocenters. The number of rotatable bonds is 7. The molecule has 0 spiro atoms. The topological polar surface area (TPSA) is 117 Å². The van der Waals surface area contributed by atoms with Crippen molar-refractivity contribution in [3.05, 3.63) is 82.9 Å². The predicted molar refractivity (Wildman–Crippen MR) is 165 cm³/mol. The molecular weight excluding hydrogens is 574 g/mol. The van der Waals surface area contributed by atoms with Crippen molar-refractivity contribution in [2.45, 2.75) is 37.5 Å². The van der Waals surface area contributed by atoms with Crippen LogP contribution in [0.15, 0.2) is 70.0 Å². The summed E-state index contributed by atoms with van der Waals surface area (Å²) in [6.45, 7) is 4.40. The zero-order valence-electron chi connectivity index (χ0n) is 24.3. The van der Waals surface area contributed by atoms with Crippen LogP contribution in [0.3, 0.4) is 0 Å². The average molecular weight is 610 g/mol. The van der Waals surface area contributed by atoms with Crippen molar-refractivity contribution in [1.29, 1.82) is 0 Å². The van der Waals surface area contributed by atoms with E-state index in [9.17, 15) is 21.6 Å². The lowest BCUT2D eigenvalue weighted by Crippen LogP contribution is -2.39. The molecule has 0 bridgehead atoms. The van der Waals surface area contributed by atoms with Crippen molar-refractivity contribution in [1.82, 2.24) is 9.62 Å². The van der Waals surface area contributed by atoms with Crippen molar-refractivity contribution in [3.8, 4) is 11.3 Å². The maximum Gasteiger partial charge on any atom is 0.255 e. The van der Waals surface area contributed by atoms with Gasteiger partial charge in [0, 0.05) is 44.2 Å². The van der Waals surface area contributed by atoms with Gasteiger partial charge >= 0.3 is 0 Å². The van der Waals surface area contributed by atoms with Gasteiger partial charge in [0.25, 0.3) is 5.91 Å². The Morgan fingerprint density at radius 3 is 2.19 bits per heavy atom. The standard InChI is InChI=1S/C31H35N3O6S2/c1-20-8-12-22(13-9-20)30-29(31(35)32-3)26-17-25(27(18-28(26)40-30)33(4)41(5,36)37)23-7-6-16-34(19-23)42(38,39)24-14-10-21(2)11-15-24/h8-15,17-18,23H,6-7,16,19H2,1-5H3,(H,32,35)/t23-/m1/s1. The first-order chi connectivity index (χ1) is 19.8. The van der Waals surface area contributed by atoms with Crippen LogP contribution in [-0.2, 0) is 20.0 Å². The van der Waals surface area contributed by atoms with Crippen molar-refractivity contribution in [3.63, 3.8) is 0 Å². The number of hydrogen-bond acceptors (Lipinski definition) is 6. The van der Waals surface area contributed by atoms with Gasteiger partial charge in [-0.25, -0.2) is 16.8 Å². The molecule has 222 valence electrons. The zero-order valence-corrected chi connectivity index (χ0v) is 26.0. The molecule has 42 heavy (non-hydrogen) atoms. The summed E-state index contributed by atoms with van der Waals surface area (Å²) < 4.78 is 61.6. The zero-order chi connectivity index (χ0) is 30.4. The van der Waals surface area contributed by atoms with Crippen molar-refractivity contribution < 1.29 is 26.0 Å². The number of fused-ring (bicyclic) bond motifs is 1. The number of nitrogens with zero attached hydrogens (tertiary/aromatic N) is 2. The Kier molecular flexibility index (Phi) is 7.95. The molecular formula is C31H35N3O6S2. The second-order valence-electron chi connectivity index (χ2n) is 10.9. The third-order valence-electron chi connectivity index (χ3n) is 7.92. The number of aryl methyl sites for hydroxylation is 2. The van der Waals surface area contributed by atoms with E-state index in [0.29, 0.717) is 58.5 Å². The molecule has 0 unspecified atom stereocenters. The average Bonchev–Trinajstić information content (AvgIpc) is 3.34. The lowest BCUT2D eigenvalue weighted by atomic mass is 9.89. The first-order valence-corrected chi connectivity index (χ1v) is 17.0. The van der Waals surface area contributed by atoms with E-state index in [1.165, 1.54) is 15.7 Å². The fraction of sp³-hybridized carbons (Fsp3) is 0.323. The summed E-state index contributed by atoms with van der Waals surface area (Å²) in [5.74, 6) is -0.286. The second-order valence-corrected chi connectivity index (χ2v) is 14.9. The SMILES string of the molecule is CNC(=O)c1c(-c2ccc(C)cc2)oc2cc(N(C)S(C)(=O)=O)c([C@@H]3CCCN(S(=O)(=O)c4ccc(C)cc4)C3)cc12.